The number of aliphatic hydroxyl groups excluding tert-OH is 1. The Bertz CT molecular complexity index is 1810. The second-order valence-electron chi connectivity index (χ2n) is 25.3. The van der Waals surface area contributed by atoms with Crippen molar-refractivity contribution < 1.29 is 80.2 Å². The average Bonchev–Trinajstić information content (AvgIpc) is 3.69. The zero-order chi connectivity index (χ0) is 64.5. The molecule has 87 heavy (non-hydrogen) atoms. The molecule has 0 spiro atoms. The van der Waals surface area contributed by atoms with Crippen LogP contribution in [-0.2, 0) is 65.4 Å². The first-order valence-electron chi connectivity index (χ1n) is 34.7. The van der Waals surface area contributed by atoms with E-state index in [1.54, 1.807) is 0 Å². The fourth-order valence-electron chi connectivity index (χ4n) is 9.65. The van der Waals surface area contributed by atoms with Crippen LogP contribution >= 0.6 is 15.6 Å². The molecule has 0 heterocycles. The van der Waals surface area contributed by atoms with Crippen LogP contribution in [0.5, 0.6) is 0 Å². The van der Waals surface area contributed by atoms with E-state index < -0.39 is 97.5 Å². The molecule has 0 aromatic carbocycles. The first kappa shape index (κ1) is 84.5. The van der Waals surface area contributed by atoms with Gasteiger partial charge in [-0.25, -0.2) is 9.13 Å². The molecule has 0 saturated heterocycles. The van der Waals surface area contributed by atoms with E-state index in [0.717, 1.165) is 121 Å². The Morgan fingerprint density at radius 2 is 0.621 bits per heavy atom. The summed E-state index contributed by atoms with van der Waals surface area (Å²) in [6.45, 7) is 11.6. The minimum atomic E-state index is -4.96. The molecule has 0 amide bonds. The largest absolute Gasteiger partial charge is 0.472 e. The van der Waals surface area contributed by atoms with E-state index in [9.17, 15) is 43.2 Å². The van der Waals surface area contributed by atoms with Gasteiger partial charge < -0.3 is 33.8 Å². The molecule has 0 fully saturated rings. The number of aliphatic hydroxyl groups is 1. The van der Waals surface area contributed by atoms with Crippen LogP contribution in [0.1, 0.15) is 312 Å². The van der Waals surface area contributed by atoms with Gasteiger partial charge in [0.05, 0.1) is 26.4 Å². The SMILES string of the molecule is CCCCCC/C=C\C=C/CCCCCCCC(=O)OC[C@H](COP(=O)(O)OC[C@@H](O)COP(=O)(O)OC[C@@H](COC(=O)CCCCCCCCC(C)C)OC(=O)CCCCCCCCCCCC(C)C)OC(=O)CCCCCCCCCCC(C)C. The predicted molar refractivity (Wildman–Crippen MR) is 349 cm³/mol. The van der Waals surface area contributed by atoms with E-state index in [0.29, 0.717) is 37.5 Å². The van der Waals surface area contributed by atoms with Crippen LogP contribution in [0.4, 0.5) is 0 Å². The molecule has 19 heteroatoms. The lowest BCUT2D eigenvalue weighted by Crippen LogP contribution is -2.30. The smallest absolute Gasteiger partial charge is 0.462 e. The summed E-state index contributed by atoms with van der Waals surface area (Å²) in [6, 6.07) is 0. The highest BCUT2D eigenvalue weighted by Crippen LogP contribution is 2.45. The van der Waals surface area contributed by atoms with Gasteiger partial charge in [-0.2, -0.15) is 0 Å². The topological polar surface area (TPSA) is 237 Å². The first-order valence-corrected chi connectivity index (χ1v) is 37.7. The maximum absolute atomic E-state index is 13.0. The van der Waals surface area contributed by atoms with E-state index in [4.69, 9.17) is 37.0 Å². The molecular weight excluding hydrogens is 1150 g/mol. The van der Waals surface area contributed by atoms with Gasteiger partial charge in [-0.1, -0.05) is 259 Å². The average molecular weight is 1280 g/mol. The number of phosphoric acid groups is 2. The molecule has 0 bridgehead atoms. The van der Waals surface area contributed by atoms with E-state index in [1.165, 1.54) is 96.3 Å². The van der Waals surface area contributed by atoms with Crippen LogP contribution in [-0.4, -0.2) is 96.7 Å². The zero-order valence-electron chi connectivity index (χ0n) is 56.0. The number of rotatable bonds is 64. The van der Waals surface area contributed by atoms with Gasteiger partial charge in [-0.3, -0.25) is 37.3 Å². The van der Waals surface area contributed by atoms with Crippen LogP contribution < -0.4 is 0 Å². The van der Waals surface area contributed by atoms with E-state index >= 15 is 0 Å². The lowest BCUT2D eigenvalue weighted by Gasteiger charge is -2.21. The lowest BCUT2D eigenvalue weighted by atomic mass is 10.0. The Hall–Kier alpha value is -2.46. The minimum Gasteiger partial charge on any atom is -0.462 e. The molecule has 2 unspecified atom stereocenters. The number of hydrogen-bond donors (Lipinski definition) is 3. The first-order chi connectivity index (χ1) is 41.7. The van der Waals surface area contributed by atoms with Crippen molar-refractivity contribution in [2.24, 2.45) is 17.8 Å². The summed E-state index contributed by atoms with van der Waals surface area (Å²) in [6.07, 6.45) is 44.1. The Morgan fingerprint density at radius 1 is 0.356 bits per heavy atom. The van der Waals surface area contributed by atoms with Crippen molar-refractivity contribution in [2.75, 3.05) is 39.6 Å². The molecule has 0 aromatic heterocycles. The second-order valence-corrected chi connectivity index (χ2v) is 28.2. The summed E-state index contributed by atoms with van der Waals surface area (Å²) in [4.78, 5) is 72.3. The van der Waals surface area contributed by atoms with Gasteiger partial charge in [-0.05, 0) is 69.1 Å². The normalized spacial score (nSPS) is 14.4. The summed E-state index contributed by atoms with van der Waals surface area (Å²) < 4.78 is 68.1. The number of carbonyl (C=O) groups excluding carboxylic acids is 4. The third kappa shape index (κ3) is 62.1. The van der Waals surface area contributed by atoms with Crippen LogP contribution in [0, 0.1) is 17.8 Å². The Labute approximate surface area is 529 Å². The molecule has 0 rings (SSSR count). The highest BCUT2D eigenvalue weighted by Gasteiger charge is 2.30. The van der Waals surface area contributed by atoms with Gasteiger partial charge >= 0.3 is 39.5 Å². The molecule has 512 valence electrons. The maximum Gasteiger partial charge on any atom is 0.472 e. The summed E-state index contributed by atoms with van der Waals surface area (Å²) in [5.74, 6) is -0.0366. The number of allylic oxidation sites excluding steroid dienone is 4. The van der Waals surface area contributed by atoms with E-state index in [1.807, 2.05) is 0 Å². The van der Waals surface area contributed by atoms with Gasteiger partial charge in [-0.15, -0.1) is 0 Å². The van der Waals surface area contributed by atoms with Gasteiger partial charge in [0.15, 0.2) is 12.2 Å². The predicted octanol–water partition coefficient (Wildman–Crippen LogP) is 18.6. The molecule has 0 saturated carbocycles. The van der Waals surface area contributed by atoms with Gasteiger partial charge in [0, 0.05) is 25.7 Å². The molecule has 5 atom stereocenters. The number of esters is 4. The third-order valence-electron chi connectivity index (χ3n) is 15.0. The maximum atomic E-state index is 13.0. The van der Waals surface area contributed by atoms with E-state index in [-0.39, 0.29) is 25.7 Å². The fraction of sp³-hybridized carbons (Fsp3) is 0.882. The lowest BCUT2D eigenvalue weighted by molar-refractivity contribution is -0.161. The number of ether oxygens (including phenoxy) is 4. The second kappa shape index (κ2) is 58.6. The summed E-state index contributed by atoms with van der Waals surface area (Å²) in [7, 11) is -9.91. The molecule has 3 N–H and O–H groups in total. The van der Waals surface area contributed by atoms with Gasteiger partial charge in [0.1, 0.15) is 19.3 Å². The zero-order valence-corrected chi connectivity index (χ0v) is 57.7. The van der Waals surface area contributed by atoms with Gasteiger partial charge in [0.2, 0.25) is 0 Å². The quantitative estimate of drug-likeness (QED) is 0.0169. The number of phosphoric ester groups is 2. The van der Waals surface area contributed by atoms with E-state index in [2.05, 4.69) is 72.8 Å². The molecular formula is C68H128O17P2. The monoisotopic (exact) mass is 1280 g/mol. The molecule has 0 aliphatic heterocycles. The van der Waals surface area contributed by atoms with Crippen molar-refractivity contribution in [2.45, 2.75) is 330 Å². The Balaban J connectivity index is 5.27. The van der Waals surface area contributed by atoms with Crippen LogP contribution in [0.15, 0.2) is 24.3 Å². The molecule has 0 radical (unpaired) electrons. The van der Waals surface area contributed by atoms with Crippen LogP contribution in [0.3, 0.4) is 0 Å². The number of hydrogen-bond acceptors (Lipinski definition) is 15. The third-order valence-corrected chi connectivity index (χ3v) is 16.9. The van der Waals surface area contributed by atoms with Crippen molar-refractivity contribution in [1.82, 2.24) is 0 Å². The molecule has 17 nitrogen and oxygen atoms in total. The van der Waals surface area contributed by atoms with Crippen molar-refractivity contribution in [3.63, 3.8) is 0 Å². The van der Waals surface area contributed by atoms with Crippen LogP contribution in [0.25, 0.3) is 0 Å². The fourth-order valence-corrected chi connectivity index (χ4v) is 11.2. The van der Waals surface area contributed by atoms with Gasteiger partial charge in [0.25, 0.3) is 0 Å². The highest BCUT2D eigenvalue weighted by molar-refractivity contribution is 7.47. The standard InChI is InChI=1S/C68H128O17P2/c1-8-9-10-11-12-13-14-15-16-17-18-21-27-35-42-49-65(70)78-55-63(85-68(73)52-45-38-29-24-23-26-33-40-47-60(4)5)57-82-86(74,75)80-53-62(69)54-81-87(76,77)83-58-64(56-79-66(71)50-43-36-31-30-34-41-48-61(6)7)84-67(72)51-44-37-28-22-19-20-25-32-39-46-59(2)3/h13-16,59-64,69H,8-12,17-58H2,1-7H3,(H,74,75)(H,76,77)/b14-13-,16-15-/t62-,63-,64-/m1/s1. The van der Waals surface area contributed by atoms with Crippen molar-refractivity contribution in [1.29, 1.82) is 0 Å². The molecule has 0 aliphatic rings. The molecule has 0 aromatic rings. The number of carbonyl (C=O) groups is 4. The summed E-state index contributed by atoms with van der Waals surface area (Å²) in [5.41, 5.74) is 0. The Morgan fingerprint density at radius 3 is 0.931 bits per heavy atom. The Kier molecular flexibility index (Phi) is 57.0. The summed E-state index contributed by atoms with van der Waals surface area (Å²) in [5, 5.41) is 10.6. The van der Waals surface area contributed by atoms with Crippen molar-refractivity contribution in [3.8, 4) is 0 Å². The van der Waals surface area contributed by atoms with Crippen molar-refractivity contribution >= 4 is 39.5 Å². The highest BCUT2D eigenvalue weighted by atomic mass is 31.2. The number of unbranched alkanes of at least 4 members (excludes halogenated alkanes) is 29. The summed E-state index contributed by atoms with van der Waals surface area (Å²) >= 11 is 0. The van der Waals surface area contributed by atoms with Crippen molar-refractivity contribution in [3.05, 3.63) is 24.3 Å². The minimum absolute atomic E-state index is 0.0970. The molecule has 0 aliphatic carbocycles. The van der Waals surface area contributed by atoms with Crippen LogP contribution in [0.2, 0.25) is 0 Å².